The Balaban J connectivity index is 1.51. The lowest BCUT2D eigenvalue weighted by molar-refractivity contribution is 0.0946. The van der Waals surface area contributed by atoms with E-state index in [4.69, 9.17) is 16.6 Å². The van der Waals surface area contributed by atoms with Gasteiger partial charge in [-0.1, -0.05) is 6.07 Å². The van der Waals surface area contributed by atoms with Crippen molar-refractivity contribution in [1.82, 2.24) is 20.1 Å². The van der Waals surface area contributed by atoms with Gasteiger partial charge >= 0.3 is 0 Å². The van der Waals surface area contributed by atoms with Crippen LogP contribution in [-0.2, 0) is 6.54 Å². The van der Waals surface area contributed by atoms with Crippen LogP contribution in [0, 0.1) is 0 Å². The van der Waals surface area contributed by atoms with Gasteiger partial charge < -0.3 is 9.32 Å². The first-order valence-corrected chi connectivity index (χ1v) is 8.39. The molecule has 0 radical (unpaired) electrons. The molecule has 2 aromatic heterocycles. The number of carbonyl (C=O) groups is 1. The van der Waals surface area contributed by atoms with Crippen LogP contribution >= 0.6 is 12.2 Å². The Morgan fingerprint density at radius 3 is 2.88 bits per heavy atom. The molecule has 0 spiro atoms. The Kier molecular flexibility index (Phi) is 5.55. The van der Waals surface area contributed by atoms with Crippen LogP contribution in [-0.4, -0.2) is 52.0 Å². The fourth-order valence-electron chi connectivity index (χ4n) is 2.70. The van der Waals surface area contributed by atoms with Crippen LogP contribution in [0.2, 0.25) is 0 Å². The summed E-state index contributed by atoms with van der Waals surface area (Å²) in [5, 5.41) is 3.19. The van der Waals surface area contributed by atoms with Crippen LogP contribution < -0.4 is 5.32 Å². The maximum atomic E-state index is 12.0. The Labute approximate surface area is 146 Å². The van der Waals surface area contributed by atoms with E-state index >= 15 is 0 Å². The number of aromatic nitrogens is 1. The third-order valence-corrected chi connectivity index (χ3v) is 4.31. The number of pyridine rings is 1. The summed E-state index contributed by atoms with van der Waals surface area (Å²) in [5.41, 5.74) is 1.07. The van der Waals surface area contributed by atoms with E-state index in [-0.39, 0.29) is 11.7 Å². The molecule has 24 heavy (non-hydrogen) atoms. The standard InChI is InChI=1S/C17H20N4O2S/c22-16(15-6-3-12-23-15)19-17(24)21-9-4-8-20(10-11-21)13-14-5-1-2-7-18-14/h1-3,5-7,12H,4,8-11,13H2,(H,19,22,24). The number of furan rings is 1. The van der Waals surface area contributed by atoms with Gasteiger partial charge in [-0.2, -0.15) is 0 Å². The lowest BCUT2D eigenvalue weighted by Crippen LogP contribution is -2.44. The first kappa shape index (κ1) is 16.6. The Bertz CT molecular complexity index is 675. The molecule has 3 heterocycles. The molecule has 6 nitrogen and oxygen atoms in total. The average molecular weight is 344 g/mol. The van der Waals surface area contributed by atoms with Crippen LogP contribution in [0.4, 0.5) is 0 Å². The topological polar surface area (TPSA) is 61.6 Å². The summed E-state index contributed by atoms with van der Waals surface area (Å²) in [6.45, 7) is 4.31. The van der Waals surface area contributed by atoms with Crippen molar-refractivity contribution in [3.8, 4) is 0 Å². The molecule has 2 aromatic rings. The predicted octanol–water partition coefficient (Wildman–Crippen LogP) is 1.90. The summed E-state index contributed by atoms with van der Waals surface area (Å²) in [6.07, 6.45) is 4.28. The zero-order chi connectivity index (χ0) is 16.8. The average Bonchev–Trinajstić information content (AvgIpc) is 3.03. The molecule has 1 fully saturated rings. The number of nitrogens with one attached hydrogen (secondary N) is 1. The smallest absolute Gasteiger partial charge is 0.293 e. The number of thiocarbonyl (C=S) groups is 1. The van der Waals surface area contributed by atoms with Crippen molar-refractivity contribution >= 4 is 23.2 Å². The van der Waals surface area contributed by atoms with Gasteiger partial charge in [-0.15, -0.1) is 0 Å². The second-order valence-corrected chi connectivity index (χ2v) is 6.06. The fourth-order valence-corrected chi connectivity index (χ4v) is 2.97. The minimum atomic E-state index is -0.306. The Morgan fingerprint density at radius 1 is 1.21 bits per heavy atom. The summed E-state index contributed by atoms with van der Waals surface area (Å²) in [5.74, 6) is -0.0384. The van der Waals surface area contributed by atoms with E-state index in [9.17, 15) is 4.79 Å². The van der Waals surface area contributed by atoms with Crippen LogP contribution in [0.3, 0.4) is 0 Å². The highest BCUT2D eigenvalue weighted by Gasteiger charge is 2.19. The lowest BCUT2D eigenvalue weighted by Gasteiger charge is -2.23. The maximum absolute atomic E-state index is 12.0. The first-order chi connectivity index (χ1) is 11.7. The maximum Gasteiger partial charge on any atom is 0.293 e. The normalized spacial score (nSPS) is 15.8. The molecule has 0 bridgehead atoms. The summed E-state index contributed by atoms with van der Waals surface area (Å²) in [6, 6.07) is 9.27. The van der Waals surface area contributed by atoms with Crippen molar-refractivity contribution in [2.75, 3.05) is 26.2 Å². The van der Waals surface area contributed by atoms with Crippen molar-refractivity contribution in [1.29, 1.82) is 0 Å². The molecular weight excluding hydrogens is 324 g/mol. The third-order valence-electron chi connectivity index (χ3n) is 3.95. The van der Waals surface area contributed by atoms with Crippen molar-refractivity contribution in [3.05, 3.63) is 54.2 Å². The van der Waals surface area contributed by atoms with Crippen LogP contribution in [0.5, 0.6) is 0 Å². The van der Waals surface area contributed by atoms with E-state index in [2.05, 4.69) is 15.2 Å². The van der Waals surface area contributed by atoms with E-state index in [0.717, 1.165) is 44.8 Å². The van der Waals surface area contributed by atoms with Crippen molar-refractivity contribution in [2.24, 2.45) is 0 Å². The summed E-state index contributed by atoms with van der Waals surface area (Å²) < 4.78 is 5.09. The SMILES string of the molecule is O=C(NC(=S)N1CCCN(Cc2ccccn2)CC1)c1ccco1. The second-order valence-electron chi connectivity index (χ2n) is 5.67. The van der Waals surface area contributed by atoms with Gasteiger partial charge in [0.2, 0.25) is 0 Å². The molecular formula is C17H20N4O2S. The molecule has 1 N–H and O–H groups in total. The Hall–Kier alpha value is -2.25. The van der Waals surface area contributed by atoms with Gasteiger partial charge in [-0.05, 0) is 42.9 Å². The highest BCUT2D eigenvalue weighted by molar-refractivity contribution is 7.80. The van der Waals surface area contributed by atoms with E-state index < -0.39 is 0 Å². The van der Waals surface area contributed by atoms with Gasteiger partial charge in [-0.3, -0.25) is 20.0 Å². The molecule has 7 heteroatoms. The highest BCUT2D eigenvalue weighted by atomic mass is 32.1. The molecule has 1 amide bonds. The first-order valence-electron chi connectivity index (χ1n) is 7.98. The minimum absolute atomic E-state index is 0.268. The van der Waals surface area contributed by atoms with E-state index in [1.54, 1.807) is 12.1 Å². The van der Waals surface area contributed by atoms with Gasteiger partial charge in [0.1, 0.15) is 0 Å². The van der Waals surface area contributed by atoms with Gasteiger partial charge in [0.05, 0.1) is 12.0 Å². The third kappa shape index (κ3) is 4.39. The minimum Gasteiger partial charge on any atom is -0.459 e. The van der Waals surface area contributed by atoms with Crippen molar-refractivity contribution in [2.45, 2.75) is 13.0 Å². The number of nitrogens with zero attached hydrogens (tertiary/aromatic N) is 3. The van der Waals surface area contributed by atoms with Gasteiger partial charge in [0, 0.05) is 38.9 Å². The number of hydrogen-bond acceptors (Lipinski definition) is 5. The molecule has 126 valence electrons. The molecule has 0 saturated carbocycles. The van der Waals surface area contributed by atoms with Gasteiger partial charge in [-0.25, -0.2) is 0 Å². The summed E-state index contributed by atoms with van der Waals surface area (Å²) >= 11 is 5.37. The highest BCUT2D eigenvalue weighted by Crippen LogP contribution is 2.08. The quantitative estimate of drug-likeness (QED) is 0.858. The number of rotatable bonds is 3. The zero-order valence-corrected chi connectivity index (χ0v) is 14.2. The molecule has 1 aliphatic rings. The van der Waals surface area contributed by atoms with Gasteiger partial charge in [0.25, 0.3) is 5.91 Å². The van der Waals surface area contributed by atoms with E-state index in [0.29, 0.717) is 5.11 Å². The fraction of sp³-hybridized carbons (Fsp3) is 0.353. The molecule has 1 aliphatic heterocycles. The Morgan fingerprint density at radius 2 is 2.12 bits per heavy atom. The van der Waals surface area contributed by atoms with E-state index in [1.165, 1.54) is 6.26 Å². The molecule has 0 atom stereocenters. The number of hydrogen-bond donors (Lipinski definition) is 1. The lowest BCUT2D eigenvalue weighted by atomic mass is 10.3. The monoisotopic (exact) mass is 344 g/mol. The molecule has 0 aromatic carbocycles. The zero-order valence-electron chi connectivity index (χ0n) is 13.4. The largest absolute Gasteiger partial charge is 0.459 e. The van der Waals surface area contributed by atoms with Crippen LogP contribution in [0.15, 0.2) is 47.2 Å². The van der Waals surface area contributed by atoms with Crippen molar-refractivity contribution in [3.63, 3.8) is 0 Å². The molecule has 0 unspecified atom stereocenters. The van der Waals surface area contributed by atoms with Crippen molar-refractivity contribution < 1.29 is 9.21 Å². The molecule has 1 saturated heterocycles. The predicted molar refractivity (Wildman–Crippen MR) is 94.5 cm³/mol. The summed E-state index contributed by atoms with van der Waals surface area (Å²) in [4.78, 5) is 20.8. The van der Waals surface area contributed by atoms with Gasteiger partial charge in [0.15, 0.2) is 10.9 Å². The van der Waals surface area contributed by atoms with Crippen LogP contribution in [0.1, 0.15) is 22.7 Å². The number of amides is 1. The summed E-state index contributed by atoms with van der Waals surface area (Å²) in [7, 11) is 0. The van der Waals surface area contributed by atoms with Crippen LogP contribution in [0.25, 0.3) is 0 Å². The molecule has 3 rings (SSSR count). The number of carbonyl (C=O) groups excluding carboxylic acids is 1. The second kappa shape index (κ2) is 8.03. The van der Waals surface area contributed by atoms with E-state index in [1.807, 2.05) is 29.3 Å². The molecule has 0 aliphatic carbocycles.